The molecule has 0 radical (unpaired) electrons. The number of hydrogen-bond donors (Lipinski definition) is 0. The maximum atomic E-state index is 9.75. The highest BCUT2D eigenvalue weighted by molar-refractivity contribution is 7.99. The van der Waals surface area contributed by atoms with E-state index in [1.54, 1.807) is 24.5 Å². The van der Waals surface area contributed by atoms with Crippen LogP contribution in [0.15, 0.2) is 150 Å². The van der Waals surface area contributed by atoms with E-state index < -0.39 is 30.9 Å². The number of para-hydroxylation sites is 1. The Bertz CT molecular complexity index is 3890. The molecule has 12 rings (SSSR count). The predicted octanol–water partition coefficient (Wildman–Crippen LogP) is 15.7. The van der Waals surface area contributed by atoms with Gasteiger partial charge in [0.1, 0.15) is 6.33 Å². The summed E-state index contributed by atoms with van der Waals surface area (Å²) in [6, 6.07) is 41.7. The first-order valence-corrected chi connectivity index (χ1v) is 22.8. The molecular formula is C57H46N4S2. The van der Waals surface area contributed by atoms with Gasteiger partial charge in [-0.05, 0) is 134 Å². The number of nitrogens with zero attached hydrogens (tertiary/aromatic N) is 4. The number of aryl methyl sites for hydroxylation is 2. The van der Waals surface area contributed by atoms with Crippen molar-refractivity contribution in [1.29, 1.82) is 0 Å². The van der Waals surface area contributed by atoms with Crippen LogP contribution in [0.4, 0.5) is 0 Å². The molecule has 10 aromatic rings. The molecular weight excluding hydrogens is 805 g/mol. The maximum absolute atomic E-state index is 9.75. The average Bonchev–Trinajstić information content (AvgIpc) is 3.86. The maximum Gasteiger partial charge on any atom is 0.195 e. The summed E-state index contributed by atoms with van der Waals surface area (Å²) >= 11 is 2.95. The van der Waals surface area contributed by atoms with Gasteiger partial charge in [0.2, 0.25) is 0 Å². The Morgan fingerprint density at radius 1 is 0.651 bits per heavy atom. The Kier molecular flexibility index (Phi) is 6.73. The molecule has 4 heterocycles. The summed E-state index contributed by atoms with van der Waals surface area (Å²) in [5.41, 5.74) is 12.4. The van der Waals surface area contributed by atoms with E-state index in [1.807, 2.05) is 72.9 Å². The number of imidazole rings is 1. The Balaban J connectivity index is 1.26. The monoisotopic (exact) mass is 858 g/mol. The fourth-order valence-electron chi connectivity index (χ4n) is 10.1. The third-order valence-corrected chi connectivity index (χ3v) is 16.2. The van der Waals surface area contributed by atoms with Crippen molar-refractivity contribution in [3.8, 4) is 66.9 Å². The second-order valence-electron chi connectivity index (χ2n) is 17.7. The molecule has 0 fully saturated rings. The van der Waals surface area contributed by atoms with Crippen molar-refractivity contribution in [3.05, 3.63) is 168 Å². The van der Waals surface area contributed by atoms with Gasteiger partial charge in [0.15, 0.2) is 4.96 Å². The van der Waals surface area contributed by atoms with Crippen molar-refractivity contribution in [2.75, 3.05) is 0 Å². The van der Waals surface area contributed by atoms with Gasteiger partial charge in [0.25, 0.3) is 0 Å². The van der Waals surface area contributed by atoms with Crippen molar-refractivity contribution in [2.24, 2.45) is 0 Å². The van der Waals surface area contributed by atoms with Crippen LogP contribution in [0.3, 0.4) is 0 Å². The Morgan fingerprint density at radius 3 is 2.17 bits per heavy atom. The van der Waals surface area contributed by atoms with Gasteiger partial charge in [-0.3, -0.25) is 4.40 Å². The number of benzene rings is 7. The Labute approximate surface area is 388 Å². The molecule has 0 unspecified atom stereocenters. The third kappa shape index (κ3) is 5.44. The summed E-state index contributed by atoms with van der Waals surface area (Å²) < 4.78 is 76.6. The summed E-state index contributed by atoms with van der Waals surface area (Å²) in [4.78, 5) is 16.8. The highest BCUT2D eigenvalue weighted by Crippen LogP contribution is 2.59. The zero-order valence-electron chi connectivity index (χ0n) is 43.4. The van der Waals surface area contributed by atoms with Crippen molar-refractivity contribution in [1.82, 2.24) is 19.4 Å². The van der Waals surface area contributed by atoms with E-state index in [1.165, 1.54) is 30.0 Å². The van der Waals surface area contributed by atoms with E-state index in [0.29, 0.717) is 43.2 Å². The second kappa shape index (κ2) is 13.8. The van der Waals surface area contributed by atoms with Crippen LogP contribution in [0, 0.1) is 13.7 Å². The minimum absolute atomic E-state index is 0.0598. The van der Waals surface area contributed by atoms with Crippen LogP contribution < -0.4 is 0 Å². The van der Waals surface area contributed by atoms with Gasteiger partial charge in [-0.25, -0.2) is 15.0 Å². The molecule has 63 heavy (non-hydrogen) atoms. The number of hydrogen-bond acceptors (Lipinski definition) is 5. The number of aromatic nitrogens is 4. The summed E-state index contributed by atoms with van der Waals surface area (Å²) in [6.45, 7) is 5.04. The molecule has 3 aromatic heterocycles. The Morgan fingerprint density at radius 2 is 1.38 bits per heavy atom. The minimum Gasteiger partial charge on any atom is -0.283 e. The van der Waals surface area contributed by atoms with Gasteiger partial charge in [-0.15, -0.1) is 0 Å². The van der Waals surface area contributed by atoms with E-state index in [2.05, 4.69) is 79.5 Å². The van der Waals surface area contributed by atoms with Gasteiger partial charge in [0, 0.05) is 49.1 Å². The smallest absolute Gasteiger partial charge is 0.195 e. The topological polar surface area (TPSA) is 43.1 Å². The average molecular weight is 859 g/mol. The van der Waals surface area contributed by atoms with Gasteiger partial charge in [-0.1, -0.05) is 149 Å². The number of rotatable bonds is 3. The molecule has 4 nitrogen and oxygen atoms in total. The molecule has 0 N–H and O–H groups in total. The van der Waals surface area contributed by atoms with Crippen LogP contribution >= 0.6 is 23.1 Å². The molecule has 306 valence electrons. The van der Waals surface area contributed by atoms with Crippen molar-refractivity contribution < 1.29 is 11.0 Å². The summed E-state index contributed by atoms with van der Waals surface area (Å²) in [5, 5.41) is 0. The van der Waals surface area contributed by atoms with Crippen LogP contribution in [0.25, 0.3) is 93.1 Å². The quantitative estimate of drug-likeness (QED) is 0.178. The van der Waals surface area contributed by atoms with Crippen LogP contribution in [0.2, 0.25) is 0 Å². The predicted molar refractivity (Wildman–Crippen MR) is 265 cm³/mol. The lowest BCUT2D eigenvalue weighted by Gasteiger charge is -2.43. The molecule has 0 spiro atoms. The van der Waals surface area contributed by atoms with Gasteiger partial charge in [-0.2, -0.15) is 0 Å². The summed E-state index contributed by atoms with van der Waals surface area (Å²) in [7, 11) is 0. The van der Waals surface area contributed by atoms with Crippen molar-refractivity contribution in [3.63, 3.8) is 0 Å². The molecule has 0 amide bonds. The summed E-state index contributed by atoms with van der Waals surface area (Å²) in [5.74, 6) is 0. The van der Waals surface area contributed by atoms with Crippen LogP contribution in [0.1, 0.15) is 73.4 Å². The van der Waals surface area contributed by atoms with E-state index in [0.717, 1.165) is 76.4 Å². The SMILES string of the molecule is [2H]C([2H])([2H])c1ccc2c(c1)Sc1c(cc(-c3c(C([2H])([2H])C)ccc4c3nc3sc5ccccc5n34)c(C([2H])([2H])[2H])c1-c1ccc3c(c1)-c1ccccc1-c1ncncc1-c1ccccc1-3)C(C)(C)C2(C)C. The molecule has 2 aliphatic rings. The van der Waals surface area contributed by atoms with E-state index in [9.17, 15) is 6.85 Å². The zero-order chi connectivity index (χ0) is 49.7. The highest BCUT2D eigenvalue weighted by Gasteiger charge is 2.46. The minimum atomic E-state index is -2.77. The van der Waals surface area contributed by atoms with Crippen molar-refractivity contribution >= 4 is 49.3 Å². The van der Waals surface area contributed by atoms with Gasteiger partial charge < -0.3 is 0 Å². The normalized spacial score (nSPS) is 17.0. The second-order valence-corrected chi connectivity index (χ2v) is 19.7. The molecule has 6 heteroatoms. The molecule has 1 aliphatic carbocycles. The van der Waals surface area contributed by atoms with E-state index in [-0.39, 0.29) is 11.1 Å². The number of fused-ring (bicyclic) bond motifs is 15. The van der Waals surface area contributed by atoms with Gasteiger partial charge in [0.05, 0.1) is 26.9 Å². The first kappa shape index (κ1) is 30.7. The van der Waals surface area contributed by atoms with E-state index in [4.69, 9.17) is 14.1 Å². The molecule has 1 aliphatic heterocycles. The molecule has 0 atom stereocenters. The van der Waals surface area contributed by atoms with Crippen LogP contribution in [-0.2, 0) is 17.2 Å². The molecule has 0 bridgehead atoms. The molecule has 7 aromatic carbocycles. The molecule has 0 saturated carbocycles. The fraction of sp³-hybridized carbons (Fsp3) is 0.175. The first-order chi connectivity index (χ1) is 33.6. The standard InChI is InChI=1S/C57H46N4S2/c1-8-34-23-26-47-53(60-55-61(47)46-19-13-14-20-48(46)63-55)51(34)41-29-45-54(62-49-27-32(2)21-25-44(49)56(4,5)57(45,6)7)50(33(41)3)35-22-24-39-36-15-9-10-16-37(36)43-30-58-31-59-52(43)40-18-12-11-17-38(40)42(39)28-35/h9-31H,8H2,1-7H3/i2D3,3D3,8D2. The lowest BCUT2D eigenvalue weighted by Crippen LogP contribution is -2.40. The van der Waals surface area contributed by atoms with Gasteiger partial charge >= 0.3 is 0 Å². The highest BCUT2D eigenvalue weighted by atomic mass is 32.2. The lowest BCUT2D eigenvalue weighted by atomic mass is 9.60. The van der Waals surface area contributed by atoms with Crippen LogP contribution in [-0.4, -0.2) is 19.4 Å². The largest absolute Gasteiger partial charge is 0.283 e. The number of thiazole rings is 1. The first-order valence-electron chi connectivity index (χ1n) is 25.2. The molecule has 0 saturated heterocycles. The fourth-order valence-corrected chi connectivity index (χ4v) is 12.7. The lowest BCUT2D eigenvalue weighted by molar-refractivity contribution is 0.296. The van der Waals surface area contributed by atoms with Crippen molar-refractivity contribution in [2.45, 2.75) is 75.3 Å². The Hall–Kier alpha value is -6.34. The van der Waals surface area contributed by atoms with E-state index >= 15 is 0 Å². The van der Waals surface area contributed by atoms with Crippen LogP contribution in [0.5, 0.6) is 0 Å². The zero-order valence-corrected chi connectivity index (χ0v) is 37.0. The third-order valence-electron chi connectivity index (χ3n) is 14.0. The summed E-state index contributed by atoms with van der Waals surface area (Å²) in [6.07, 6.45) is 1.50.